The smallest absolute Gasteiger partial charge is 0.182 e. The van der Waals surface area contributed by atoms with E-state index in [2.05, 4.69) is 243 Å². The summed E-state index contributed by atoms with van der Waals surface area (Å²) in [4.78, 5) is 43.9. The number of aromatic hydroxyl groups is 2. The van der Waals surface area contributed by atoms with Crippen molar-refractivity contribution in [2.75, 3.05) is 0 Å². The van der Waals surface area contributed by atoms with Crippen molar-refractivity contribution in [3.05, 3.63) is 299 Å². The second-order valence-corrected chi connectivity index (χ2v) is 32.4. The first-order valence-corrected chi connectivity index (χ1v) is 41.5. The standard InChI is InChI=1S/2C25H26N6.2C23H25N5O/c2*1-16(2)24-29-30-25-22(10-6-7-18-14-27-21-9-5-4-8-20(18)21)28-23(15-31(24)25)19-11-17(3)12-26-13-19;2*1-15(2)22-26-27-23-20(6-4-5-17-7-9-19(29)10-8-17)25-21(14-28(22)23)18-11-16(3)12-24-13-18/h2*4-5,8-9,11-16,27H,6-7,10H2,1-3H3;2*7-15,29H,4-6H2,1-3H3. The number of para-hydroxylation sites is 2. The van der Waals surface area contributed by atoms with E-state index < -0.39 is 0 Å². The van der Waals surface area contributed by atoms with Crippen LogP contribution in [0.2, 0.25) is 0 Å². The van der Waals surface area contributed by atoms with Crippen LogP contribution in [-0.4, -0.2) is 118 Å². The Hall–Kier alpha value is -13.6. The SMILES string of the molecule is Cc1cncc(-c2cn3c(C(C)C)nnc3c(CCCc3c[nH]c4ccccc34)n2)c1.Cc1cncc(-c2cn3c(C(C)C)nnc3c(CCCc3c[nH]c4ccccc34)n2)c1.Cc1cncc(-c2cn3c(C(C)C)nnc3c(CCCc3ccc(O)cc3)n2)c1.Cc1cncc(-c2cn3c(C(C)C)nnc3c(CCCc3ccc(O)cc3)n2)c1. The Morgan fingerprint density at radius 3 is 0.842 bits per heavy atom. The van der Waals surface area contributed by atoms with Crippen LogP contribution in [0.15, 0.2) is 208 Å². The average molecular weight is 1600 g/mol. The summed E-state index contributed by atoms with van der Waals surface area (Å²) in [5.74, 6) is 5.45. The van der Waals surface area contributed by atoms with Gasteiger partial charge in [-0.1, -0.05) is 116 Å². The number of H-pyrrole nitrogens is 2. The average Bonchev–Trinajstić information content (AvgIpc) is 1.61. The van der Waals surface area contributed by atoms with Crippen LogP contribution in [0.1, 0.15) is 195 Å². The number of aromatic nitrogens is 22. The molecule has 0 amide bonds. The van der Waals surface area contributed by atoms with Gasteiger partial charge in [0.1, 0.15) is 34.8 Å². The van der Waals surface area contributed by atoms with Gasteiger partial charge in [-0.15, -0.1) is 40.8 Å². The molecule has 0 aliphatic carbocycles. The highest BCUT2D eigenvalue weighted by molar-refractivity contribution is 5.84. The fourth-order valence-corrected chi connectivity index (χ4v) is 15.3. The number of aromatic amines is 2. The third-order valence-corrected chi connectivity index (χ3v) is 21.4. The van der Waals surface area contributed by atoms with Crippen molar-refractivity contribution in [2.24, 2.45) is 0 Å². The molecule has 0 bridgehead atoms. The van der Waals surface area contributed by atoms with E-state index in [-0.39, 0.29) is 23.7 Å². The second kappa shape index (κ2) is 36.9. The zero-order valence-corrected chi connectivity index (χ0v) is 70.3. The van der Waals surface area contributed by atoms with E-state index in [0.29, 0.717) is 11.5 Å². The number of nitrogens with one attached hydrogen (secondary N) is 2. The molecule has 18 rings (SSSR count). The van der Waals surface area contributed by atoms with Gasteiger partial charge < -0.3 is 20.2 Å². The Balaban J connectivity index is 0.000000125. The van der Waals surface area contributed by atoms with Crippen molar-refractivity contribution < 1.29 is 10.2 Å². The molecule has 0 fully saturated rings. The molecule has 18 aromatic rings. The van der Waals surface area contributed by atoms with Crippen molar-refractivity contribution in [3.8, 4) is 56.5 Å². The Morgan fingerprint density at radius 1 is 0.308 bits per heavy atom. The molecule has 0 saturated carbocycles. The molecule has 14 heterocycles. The van der Waals surface area contributed by atoms with Crippen LogP contribution in [0, 0.1) is 27.7 Å². The van der Waals surface area contributed by atoms with E-state index in [1.807, 2.05) is 112 Å². The normalized spacial score (nSPS) is 11.6. The lowest BCUT2D eigenvalue weighted by Crippen LogP contribution is -2.04. The van der Waals surface area contributed by atoms with Crippen molar-refractivity contribution in [2.45, 2.75) is 184 Å². The van der Waals surface area contributed by atoms with Gasteiger partial charge in [0, 0.05) is 154 Å². The summed E-state index contributed by atoms with van der Waals surface area (Å²) in [6.07, 6.45) is 38.2. The minimum absolute atomic E-state index is 0.265. The third kappa shape index (κ3) is 19.0. The van der Waals surface area contributed by atoms with E-state index in [1.165, 1.54) is 44.1 Å². The summed E-state index contributed by atoms with van der Waals surface area (Å²) in [6, 6.07) is 40.1. The van der Waals surface area contributed by atoms with Gasteiger partial charge in [0.2, 0.25) is 0 Å². The number of phenolic OH excluding ortho intramolecular Hbond substituents is 2. The van der Waals surface area contributed by atoms with Gasteiger partial charge in [-0.05, 0) is 210 Å². The number of pyridine rings is 4. The number of phenols is 2. The quantitative estimate of drug-likeness (QED) is 0.0437. The maximum Gasteiger partial charge on any atom is 0.182 e. The molecule has 14 aromatic heterocycles. The summed E-state index contributed by atoms with van der Waals surface area (Å²) < 4.78 is 8.36. The van der Waals surface area contributed by atoms with Crippen molar-refractivity contribution in [1.29, 1.82) is 0 Å². The van der Waals surface area contributed by atoms with Crippen LogP contribution in [0.25, 0.3) is 89.4 Å². The maximum absolute atomic E-state index is 9.45. The molecule has 24 heteroatoms. The van der Waals surface area contributed by atoms with Gasteiger partial charge in [-0.2, -0.15) is 0 Å². The molecule has 608 valence electrons. The second-order valence-electron chi connectivity index (χ2n) is 32.4. The topological polar surface area (TPSA) is 296 Å². The minimum atomic E-state index is 0.265. The van der Waals surface area contributed by atoms with Gasteiger partial charge in [0.25, 0.3) is 0 Å². The van der Waals surface area contributed by atoms with Crippen LogP contribution < -0.4 is 0 Å². The Bertz CT molecular complexity index is 6170. The van der Waals surface area contributed by atoms with E-state index in [0.717, 1.165) is 213 Å². The van der Waals surface area contributed by atoms with Crippen molar-refractivity contribution >= 4 is 44.4 Å². The van der Waals surface area contributed by atoms with Crippen LogP contribution in [0.3, 0.4) is 0 Å². The predicted octanol–water partition coefficient (Wildman–Crippen LogP) is 19.5. The lowest BCUT2D eigenvalue weighted by atomic mass is 10.1. The number of rotatable bonds is 24. The van der Waals surface area contributed by atoms with E-state index in [4.69, 9.17) is 19.9 Å². The summed E-state index contributed by atoms with van der Waals surface area (Å²) in [6.45, 7) is 25.2. The number of aryl methyl sites for hydroxylation is 12. The summed E-state index contributed by atoms with van der Waals surface area (Å²) >= 11 is 0. The highest BCUT2D eigenvalue weighted by atomic mass is 16.3. The first-order chi connectivity index (χ1) is 58.2. The largest absolute Gasteiger partial charge is 0.508 e. The van der Waals surface area contributed by atoms with Crippen molar-refractivity contribution in [3.63, 3.8) is 0 Å². The summed E-state index contributed by atoms with van der Waals surface area (Å²) in [5.41, 5.74) is 26.7. The fraction of sp³-hybridized carbons (Fsp3) is 0.292. The van der Waals surface area contributed by atoms with E-state index in [1.54, 1.807) is 24.3 Å². The van der Waals surface area contributed by atoms with E-state index >= 15 is 0 Å². The lowest BCUT2D eigenvalue weighted by Gasteiger charge is -2.10. The molecular formula is C96H102N22O2. The number of hydrogen-bond donors (Lipinski definition) is 4. The molecule has 120 heavy (non-hydrogen) atoms. The van der Waals surface area contributed by atoms with Gasteiger partial charge >= 0.3 is 0 Å². The van der Waals surface area contributed by atoms with Crippen LogP contribution in [0.5, 0.6) is 11.5 Å². The maximum atomic E-state index is 9.45. The van der Waals surface area contributed by atoms with Crippen molar-refractivity contribution in [1.82, 2.24) is 108 Å². The number of nitrogens with zero attached hydrogens (tertiary/aromatic N) is 20. The first kappa shape index (κ1) is 81.5. The number of hydrogen-bond acceptors (Lipinski definition) is 18. The molecule has 0 radical (unpaired) electrons. The molecule has 24 nitrogen and oxygen atoms in total. The number of benzene rings is 4. The summed E-state index contributed by atoms with van der Waals surface area (Å²) in [5, 5.41) is 57.1. The Morgan fingerprint density at radius 2 is 0.575 bits per heavy atom. The molecule has 0 aliphatic rings. The zero-order valence-electron chi connectivity index (χ0n) is 70.3. The molecule has 0 unspecified atom stereocenters. The third-order valence-electron chi connectivity index (χ3n) is 21.4. The molecule has 4 N–H and O–H groups in total. The monoisotopic (exact) mass is 1590 g/mol. The van der Waals surface area contributed by atoms with E-state index in [9.17, 15) is 10.2 Å². The van der Waals surface area contributed by atoms with Crippen LogP contribution >= 0.6 is 0 Å². The first-order valence-electron chi connectivity index (χ1n) is 41.5. The molecule has 0 saturated heterocycles. The molecule has 0 spiro atoms. The Labute approximate surface area is 698 Å². The van der Waals surface area contributed by atoms with Crippen LogP contribution in [0.4, 0.5) is 0 Å². The lowest BCUT2D eigenvalue weighted by molar-refractivity contribution is 0.474. The predicted molar refractivity (Wildman–Crippen MR) is 472 cm³/mol. The molecule has 0 atom stereocenters. The van der Waals surface area contributed by atoms with Gasteiger partial charge in [-0.3, -0.25) is 37.5 Å². The molecule has 0 aliphatic heterocycles. The Kier molecular flexibility index (Phi) is 25.1. The number of fused-ring (bicyclic) bond motifs is 6. The summed E-state index contributed by atoms with van der Waals surface area (Å²) in [7, 11) is 0. The van der Waals surface area contributed by atoms with Gasteiger partial charge in [0.05, 0.1) is 45.6 Å². The van der Waals surface area contributed by atoms with Gasteiger partial charge in [-0.25, -0.2) is 19.9 Å². The molecule has 4 aromatic carbocycles. The highest BCUT2D eigenvalue weighted by Crippen LogP contribution is 2.31. The zero-order chi connectivity index (χ0) is 83.5. The van der Waals surface area contributed by atoms with Gasteiger partial charge in [0.15, 0.2) is 22.6 Å². The highest BCUT2D eigenvalue weighted by Gasteiger charge is 2.23. The van der Waals surface area contributed by atoms with Crippen LogP contribution in [-0.2, 0) is 51.4 Å². The fourth-order valence-electron chi connectivity index (χ4n) is 15.3. The minimum Gasteiger partial charge on any atom is -0.508 e. The molecular weight excluding hydrogens is 1490 g/mol.